The van der Waals surface area contributed by atoms with Crippen LogP contribution in [0.2, 0.25) is 0 Å². The number of hydrogen-bond donors (Lipinski definition) is 2. The number of methoxy groups -OCH3 is 1. The van der Waals surface area contributed by atoms with Crippen LogP contribution in [0.4, 0.5) is 21.6 Å². The van der Waals surface area contributed by atoms with Crippen molar-refractivity contribution < 1.29 is 18.7 Å². The number of nitrogens with one attached hydrogen (secondary N) is 2. The predicted molar refractivity (Wildman–Crippen MR) is 102 cm³/mol. The van der Waals surface area contributed by atoms with E-state index in [-0.39, 0.29) is 11.4 Å². The van der Waals surface area contributed by atoms with E-state index in [1.165, 1.54) is 31.4 Å². The van der Waals surface area contributed by atoms with Crippen molar-refractivity contribution >= 4 is 29.1 Å². The average Bonchev–Trinajstić information content (AvgIpc) is 2.69. The van der Waals surface area contributed by atoms with E-state index in [4.69, 9.17) is 0 Å². The van der Waals surface area contributed by atoms with Crippen LogP contribution in [-0.4, -0.2) is 29.0 Å². The number of hydrogen-bond acceptors (Lipinski definition) is 6. The second-order valence-corrected chi connectivity index (χ2v) is 5.81. The highest BCUT2D eigenvalue weighted by atomic mass is 19.1. The summed E-state index contributed by atoms with van der Waals surface area (Å²) < 4.78 is 18.4. The maximum Gasteiger partial charge on any atom is 0.337 e. The number of halogens is 1. The van der Waals surface area contributed by atoms with Gasteiger partial charge < -0.3 is 15.4 Å². The van der Waals surface area contributed by atoms with Crippen molar-refractivity contribution in [3.63, 3.8) is 0 Å². The lowest BCUT2D eigenvalue weighted by molar-refractivity contribution is 0.0600. The van der Waals surface area contributed by atoms with Crippen LogP contribution in [0.15, 0.2) is 54.6 Å². The number of nitrogens with zero attached hydrogens (tertiary/aromatic N) is 2. The Bertz CT molecular complexity index is 1020. The summed E-state index contributed by atoms with van der Waals surface area (Å²) in [6.07, 6.45) is 0. The third-order valence-corrected chi connectivity index (χ3v) is 3.77. The number of aromatic nitrogens is 2. The van der Waals surface area contributed by atoms with Crippen molar-refractivity contribution in [2.45, 2.75) is 6.92 Å². The first-order valence-electron chi connectivity index (χ1n) is 8.33. The second kappa shape index (κ2) is 8.26. The normalized spacial score (nSPS) is 10.2. The van der Waals surface area contributed by atoms with Crippen LogP contribution in [0.1, 0.15) is 26.7 Å². The first kappa shape index (κ1) is 19.0. The average molecular weight is 380 g/mol. The third kappa shape index (κ3) is 4.47. The lowest BCUT2D eigenvalue weighted by Crippen LogP contribution is -2.16. The first-order valence-corrected chi connectivity index (χ1v) is 8.33. The van der Waals surface area contributed by atoms with Crippen molar-refractivity contribution in [2.24, 2.45) is 0 Å². The van der Waals surface area contributed by atoms with Gasteiger partial charge in [0.05, 0.1) is 18.4 Å². The Morgan fingerprint density at radius 1 is 1.04 bits per heavy atom. The molecule has 0 bridgehead atoms. The molecular formula is C20H17FN4O3. The van der Waals surface area contributed by atoms with E-state index in [1.807, 2.05) is 0 Å². The second-order valence-electron chi connectivity index (χ2n) is 5.81. The standard InChI is InChI=1S/C20H17FN4O3/c1-12-22-17(19(26)25-16-6-4-3-5-15(16)21)11-18(23-12)24-14-9-7-13(8-10-14)20(27)28-2/h3-11H,1-2H3,(H,25,26)(H,22,23,24). The molecule has 1 amide bonds. The van der Waals surface area contributed by atoms with Gasteiger partial charge in [-0.3, -0.25) is 4.79 Å². The molecule has 0 radical (unpaired) electrons. The molecule has 2 N–H and O–H groups in total. The van der Waals surface area contributed by atoms with Crippen LogP contribution < -0.4 is 10.6 Å². The molecule has 1 heterocycles. The summed E-state index contributed by atoms with van der Waals surface area (Å²) in [5.41, 5.74) is 1.23. The van der Waals surface area contributed by atoms with Crippen molar-refractivity contribution in [3.05, 3.63) is 77.5 Å². The van der Waals surface area contributed by atoms with Gasteiger partial charge in [-0.05, 0) is 43.3 Å². The number of anilines is 3. The predicted octanol–water partition coefficient (Wildman–Crippen LogP) is 3.71. The largest absolute Gasteiger partial charge is 0.465 e. The minimum absolute atomic E-state index is 0.0664. The molecule has 0 aliphatic rings. The smallest absolute Gasteiger partial charge is 0.337 e. The number of carbonyl (C=O) groups is 2. The summed E-state index contributed by atoms with van der Waals surface area (Å²) in [5, 5.41) is 5.53. The van der Waals surface area contributed by atoms with E-state index in [0.29, 0.717) is 22.9 Å². The maximum absolute atomic E-state index is 13.7. The number of esters is 1. The van der Waals surface area contributed by atoms with E-state index in [0.717, 1.165) is 0 Å². The van der Waals surface area contributed by atoms with Gasteiger partial charge in [-0.15, -0.1) is 0 Å². The molecule has 3 aromatic rings. The minimum Gasteiger partial charge on any atom is -0.465 e. The molecular weight excluding hydrogens is 363 g/mol. The molecule has 0 saturated heterocycles. The molecule has 142 valence electrons. The van der Waals surface area contributed by atoms with Gasteiger partial charge in [0, 0.05) is 11.8 Å². The molecule has 0 saturated carbocycles. The Morgan fingerprint density at radius 2 is 1.75 bits per heavy atom. The van der Waals surface area contributed by atoms with Crippen LogP contribution in [0, 0.1) is 12.7 Å². The van der Waals surface area contributed by atoms with Gasteiger partial charge in [0.1, 0.15) is 23.2 Å². The Hall–Kier alpha value is -3.81. The molecule has 3 rings (SSSR count). The van der Waals surface area contributed by atoms with E-state index < -0.39 is 17.7 Å². The van der Waals surface area contributed by atoms with Crippen molar-refractivity contribution in [3.8, 4) is 0 Å². The van der Waals surface area contributed by atoms with E-state index in [9.17, 15) is 14.0 Å². The molecule has 28 heavy (non-hydrogen) atoms. The number of benzene rings is 2. The Morgan fingerprint density at radius 3 is 2.43 bits per heavy atom. The number of amides is 1. The molecule has 1 aromatic heterocycles. The minimum atomic E-state index is -0.556. The number of carbonyl (C=O) groups excluding carboxylic acids is 2. The van der Waals surface area contributed by atoms with Crippen LogP contribution >= 0.6 is 0 Å². The van der Waals surface area contributed by atoms with Gasteiger partial charge in [-0.1, -0.05) is 12.1 Å². The summed E-state index contributed by atoms with van der Waals surface area (Å²) in [5.74, 6) is -0.770. The van der Waals surface area contributed by atoms with Gasteiger partial charge in [0.2, 0.25) is 0 Å². The maximum atomic E-state index is 13.7. The van der Waals surface area contributed by atoms with E-state index >= 15 is 0 Å². The fourth-order valence-corrected chi connectivity index (χ4v) is 2.45. The summed E-state index contributed by atoms with van der Waals surface area (Å²) in [6.45, 7) is 1.64. The molecule has 0 spiro atoms. The summed E-state index contributed by atoms with van der Waals surface area (Å²) in [6, 6.07) is 13.9. The van der Waals surface area contributed by atoms with Crippen molar-refractivity contribution in [2.75, 3.05) is 17.7 Å². The molecule has 2 aromatic carbocycles. The molecule has 0 atom stereocenters. The summed E-state index contributed by atoms with van der Waals surface area (Å²) >= 11 is 0. The summed E-state index contributed by atoms with van der Waals surface area (Å²) in [7, 11) is 1.31. The van der Waals surface area contributed by atoms with E-state index in [1.54, 1.807) is 37.3 Å². The van der Waals surface area contributed by atoms with Gasteiger partial charge in [-0.25, -0.2) is 19.2 Å². The molecule has 8 heteroatoms. The highest BCUT2D eigenvalue weighted by Gasteiger charge is 2.13. The molecule has 0 aliphatic heterocycles. The van der Waals surface area contributed by atoms with Crippen molar-refractivity contribution in [1.29, 1.82) is 0 Å². The van der Waals surface area contributed by atoms with Crippen molar-refractivity contribution in [1.82, 2.24) is 9.97 Å². The van der Waals surface area contributed by atoms with Crippen LogP contribution in [0.5, 0.6) is 0 Å². The lowest BCUT2D eigenvalue weighted by atomic mass is 10.2. The van der Waals surface area contributed by atoms with Crippen LogP contribution in [-0.2, 0) is 4.74 Å². The zero-order valence-corrected chi connectivity index (χ0v) is 15.2. The monoisotopic (exact) mass is 380 g/mol. The van der Waals surface area contributed by atoms with Gasteiger partial charge in [-0.2, -0.15) is 0 Å². The van der Waals surface area contributed by atoms with Gasteiger partial charge in [0.25, 0.3) is 5.91 Å². The zero-order valence-electron chi connectivity index (χ0n) is 15.2. The Kier molecular flexibility index (Phi) is 5.59. The molecule has 0 aliphatic carbocycles. The number of ether oxygens (including phenoxy) is 1. The topological polar surface area (TPSA) is 93.2 Å². The molecule has 0 unspecified atom stereocenters. The third-order valence-electron chi connectivity index (χ3n) is 3.77. The SMILES string of the molecule is COC(=O)c1ccc(Nc2cc(C(=O)Nc3ccccc3F)nc(C)n2)cc1. The number of rotatable bonds is 5. The first-order chi connectivity index (χ1) is 13.5. The summed E-state index contributed by atoms with van der Waals surface area (Å²) in [4.78, 5) is 32.3. The van der Waals surface area contributed by atoms with Gasteiger partial charge in [0.15, 0.2) is 0 Å². The zero-order chi connectivity index (χ0) is 20.1. The molecule has 7 nitrogen and oxygen atoms in total. The van der Waals surface area contributed by atoms with E-state index in [2.05, 4.69) is 25.3 Å². The van der Waals surface area contributed by atoms with Gasteiger partial charge >= 0.3 is 5.97 Å². The molecule has 0 fully saturated rings. The van der Waals surface area contributed by atoms with Crippen LogP contribution in [0.25, 0.3) is 0 Å². The highest BCUT2D eigenvalue weighted by molar-refractivity contribution is 6.03. The lowest BCUT2D eigenvalue weighted by Gasteiger charge is -2.10. The Balaban J connectivity index is 1.78. The van der Waals surface area contributed by atoms with Crippen LogP contribution in [0.3, 0.4) is 0 Å². The highest BCUT2D eigenvalue weighted by Crippen LogP contribution is 2.18. The quantitative estimate of drug-likeness (QED) is 0.656. The number of para-hydroxylation sites is 1. The fourth-order valence-electron chi connectivity index (χ4n) is 2.45. The number of aryl methyl sites for hydroxylation is 1. The fraction of sp³-hybridized carbons (Fsp3) is 0.100. The Labute approximate surface area is 160 Å².